The molecule has 2 aromatic rings. The summed E-state index contributed by atoms with van der Waals surface area (Å²) in [4.78, 5) is 31.0. The molecule has 2 saturated heterocycles. The van der Waals surface area contributed by atoms with Crippen LogP contribution in [0, 0.1) is 13.8 Å². The summed E-state index contributed by atoms with van der Waals surface area (Å²) in [5.41, 5.74) is 2.70. The number of aromatic nitrogens is 3. The number of nitrogens with one attached hydrogen (secondary N) is 1. The van der Waals surface area contributed by atoms with E-state index in [0.717, 1.165) is 50.1 Å². The lowest BCUT2D eigenvalue weighted by atomic mass is 10.1. The molecule has 29 heavy (non-hydrogen) atoms. The van der Waals surface area contributed by atoms with Gasteiger partial charge in [0.1, 0.15) is 0 Å². The third-order valence-corrected chi connectivity index (χ3v) is 5.39. The van der Waals surface area contributed by atoms with Crippen LogP contribution in [-0.4, -0.2) is 60.3 Å². The zero-order valence-electron chi connectivity index (χ0n) is 17.1. The predicted octanol–water partition coefficient (Wildman–Crippen LogP) is 1.86. The molecule has 0 spiro atoms. The molecule has 8 heteroatoms. The third kappa shape index (κ3) is 4.64. The molecular weight excluding hydrogens is 368 g/mol. The average Bonchev–Trinajstić information content (AvgIpc) is 3.29. The number of carbonyl (C=O) groups is 1. The minimum Gasteiger partial charge on any atom is -0.378 e. The normalized spacial score (nSPS) is 16.9. The van der Waals surface area contributed by atoms with Gasteiger partial charge in [-0.2, -0.15) is 15.0 Å². The fraction of sp³-hybridized carbons (Fsp3) is 0.524. The van der Waals surface area contributed by atoms with Gasteiger partial charge in [-0.3, -0.25) is 4.79 Å². The van der Waals surface area contributed by atoms with Crippen LogP contribution in [0.2, 0.25) is 0 Å². The Balaban J connectivity index is 1.54. The van der Waals surface area contributed by atoms with Crippen LogP contribution in [0.25, 0.3) is 0 Å². The van der Waals surface area contributed by atoms with Crippen molar-refractivity contribution in [1.82, 2.24) is 20.3 Å². The van der Waals surface area contributed by atoms with Crippen molar-refractivity contribution in [3.8, 4) is 0 Å². The Hall–Kier alpha value is -2.74. The molecule has 0 unspecified atom stereocenters. The smallest absolute Gasteiger partial charge is 0.251 e. The quantitative estimate of drug-likeness (QED) is 0.826. The fourth-order valence-corrected chi connectivity index (χ4v) is 3.67. The highest BCUT2D eigenvalue weighted by molar-refractivity contribution is 5.95. The van der Waals surface area contributed by atoms with E-state index >= 15 is 0 Å². The van der Waals surface area contributed by atoms with Gasteiger partial charge in [0, 0.05) is 31.7 Å². The Labute approximate surface area is 171 Å². The van der Waals surface area contributed by atoms with Crippen LogP contribution in [-0.2, 0) is 11.3 Å². The minimum absolute atomic E-state index is 0.109. The number of carbonyl (C=O) groups excluding carboxylic acids is 1. The van der Waals surface area contributed by atoms with Crippen molar-refractivity contribution in [1.29, 1.82) is 0 Å². The lowest BCUT2D eigenvalue weighted by Crippen LogP contribution is -2.38. The number of morpholine rings is 1. The second-order valence-corrected chi connectivity index (χ2v) is 7.65. The van der Waals surface area contributed by atoms with Crippen molar-refractivity contribution < 1.29 is 9.53 Å². The van der Waals surface area contributed by atoms with E-state index in [1.807, 2.05) is 32.0 Å². The second kappa shape index (κ2) is 8.73. The summed E-state index contributed by atoms with van der Waals surface area (Å²) < 4.78 is 5.45. The molecular formula is C21H28N6O2. The summed E-state index contributed by atoms with van der Waals surface area (Å²) in [5, 5.41) is 2.98. The molecule has 2 aliphatic rings. The maximum Gasteiger partial charge on any atom is 0.251 e. The Kier molecular flexibility index (Phi) is 5.89. The van der Waals surface area contributed by atoms with Crippen molar-refractivity contribution in [2.75, 3.05) is 49.2 Å². The van der Waals surface area contributed by atoms with Gasteiger partial charge < -0.3 is 19.9 Å². The van der Waals surface area contributed by atoms with Gasteiger partial charge in [-0.15, -0.1) is 0 Å². The number of hydrogen-bond acceptors (Lipinski definition) is 7. The van der Waals surface area contributed by atoms with Gasteiger partial charge in [0.2, 0.25) is 11.9 Å². The van der Waals surface area contributed by atoms with Gasteiger partial charge in [-0.05, 0) is 38.3 Å². The topological polar surface area (TPSA) is 83.5 Å². The molecule has 2 aliphatic heterocycles. The largest absolute Gasteiger partial charge is 0.378 e. The van der Waals surface area contributed by atoms with E-state index in [0.29, 0.717) is 36.5 Å². The number of anilines is 2. The van der Waals surface area contributed by atoms with Gasteiger partial charge in [0.15, 0.2) is 5.82 Å². The zero-order valence-corrected chi connectivity index (χ0v) is 17.1. The van der Waals surface area contributed by atoms with Gasteiger partial charge in [-0.1, -0.05) is 17.7 Å². The van der Waals surface area contributed by atoms with Crippen LogP contribution in [0.3, 0.4) is 0 Å². The van der Waals surface area contributed by atoms with Crippen LogP contribution < -0.4 is 15.1 Å². The number of nitrogens with zero attached hydrogens (tertiary/aromatic N) is 5. The van der Waals surface area contributed by atoms with Crippen LogP contribution in [0.1, 0.15) is 40.2 Å². The molecule has 0 saturated carbocycles. The van der Waals surface area contributed by atoms with Crippen LogP contribution in [0.4, 0.5) is 11.9 Å². The van der Waals surface area contributed by atoms with Crippen molar-refractivity contribution >= 4 is 17.8 Å². The number of benzene rings is 1. The van der Waals surface area contributed by atoms with Crippen molar-refractivity contribution in [2.24, 2.45) is 0 Å². The Bertz CT molecular complexity index is 875. The van der Waals surface area contributed by atoms with Crippen LogP contribution in [0.5, 0.6) is 0 Å². The molecule has 0 atom stereocenters. The average molecular weight is 396 g/mol. The van der Waals surface area contributed by atoms with Gasteiger partial charge in [0.25, 0.3) is 5.91 Å². The molecule has 3 heterocycles. The van der Waals surface area contributed by atoms with E-state index in [4.69, 9.17) is 9.72 Å². The Morgan fingerprint density at radius 3 is 2.34 bits per heavy atom. The minimum atomic E-state index is -0.109. The number of amides is 1. The second-order valence-electron chi connectivity index (χ2n) is 7.65. The molecule has 0 radical (unpaired) electrons. The van der Waals surface area contributed by atoms with E-state index < -0.39 is 0 Å². The first-order valence-electron chi connectivity index (χ1n) is 10.3. The van der Waals surface area contributed by atoms with E-state index in [-0.39, 0.29) is 12.5 Å². The van der Waals surface area contributed by atoms with Crippen LogP contribution >= 0.6 is 0 Å². The Morgan fingerprint density at radius 1 is 1.00 bits per heavy atom. The Morgan fingerprint density at radius 2 is 1.66 bits per heavy atom. The molecule has 1 aromatic carbocycles. The van der Waals surface area contributed by atoms with E-state index in [2.05, 4.69) is 25.1 Å². The number of ether oxygens (including phenoxy) is 1. The monoisotopic (exact) mass is 396 g/mol. The lowest BCUT2D eigenvalue weighted by Gasteiger charge is -2.28. The highest BCUT2D eigenvalue weighted by atomic mass is 16.5. The molecule has 1 N–H and O–H groups in total. The first-order chi connectivity index (χ1) is 14.1. The zero-order chi connectivity index (χ0) is 20.2. The van der Waals surface area contributed by atoms with Crippen molar-refractivity contribution in [3.05, 3.63) is 40.7 Å². The predicted molar refractivity (Wildman–Crippen MR) is 111 cm³/mol. The maximum absolute atomic E-state index is 12.7. The summed E-state index contributed by atoms with van der Waals surface area (Å²) in [6, 6.07) is 5.89. The molecule has 0 aliphatic carbocycles. The number of hydrogen-bond donors (Lipinski definition) is 1. The van der Waals surface area contributed by atoms with Gasteiger partial charge in [-0.25, -0.2) is 0 Å². The SMILES string of the molecule is Cc1ccc(C)c(C(=O)NCc2nc(N3CCCC3)nc(N3CCOCC3)n2)c1. The van der Waals surface area contributed by atoms with E-state index in [1.165, 1.54) is 0 Å². The summed E-state index contributed by atoms with van der Waals surface area (Å²) in [6.45, 7) is 8.98. The molecule has 2 fully saturated rings. The summed E-state index contributed by atoms with van der Waals surface area (Å²) >= 11 is 0. The molecule has 4 rings (SSSR count). The standard InChI is InChI=1S/C21H28N6O2/c1-15-5-6-16(2)17(13-15)19(28)22-14-18-23-20(26-7-3-4-8-26)25-21(24-18)27-9-11-29-12-10-27/h5-6,13H,3-4,7-12,14H2,1-2H3,(H,22,28). The fourth-order valence-electron chi connectivity index (χ4n) is 3.67. The number of rotatable bonds is 5. The molecule has 8 nitrogen and oxygen atoms in total. The van der Waals surface area contributed by atoms with Crippen LogP contribution in [0.15, 0.2) is 18.2 Å². The summed E-state index contributed by atoms with van der Waals surface area (Å²) in [5.74, 6) is 1.85. The molecule has 1 aromatic heterocycles. The van der Waals surface area contributed by atoms with Crippen molar-refractivity contribution in [2.45, 2.75) is 33.2 Å². The van der Waals surface area contributed by atoms with Crippen molar-refractivity contribution in [3.63, 3.8) is 0 Å². The summed E-state index contributed by atoms with van der Waals surface area (Å²) in [6.07, 6.45) is 2.30. The first-order valence-corrected chi connectivity index (χ1v) is 10.3. The molecule has 154 valence electrons. The van der Waals surface area contributed by atoms with E-state index in [1.54, 1.807) is 0 Å². The lowest BCUT2D eigenvalue weighted by molar-refractivity contribution is 0.0949. The molecule has 1 amide bonds. The number of aryl methyl sites for hydroxylation is 2. The third-order valence-electron chi connectivity index (χ3n) is 5.39. The maximum atomic E-state index is 12.7. The van der Waals surface area contributed by atoms with Gasteiger partial charge in [0.05, 0.1) is 19.8 Å². The summed E-state index contributed by atoms with van der Waals surface area (Å²) in [7, 11) is 0. The highest BCUT2D eigenvalue weighted by Crippen LogP contribution is 2.19. The highest BCUT2D eigenvalue weighted by Gasteiger charge is 2.21. The first kappa shape index (κ1) is 19.6. The van der Waals surface area contributed by atoms with E-state index in [9.17, 15) is 4.79 Å². The molecule has 0 bridgehead atoms. The van der Waals surface area contributed by atoms with Gasteiger partial charge >= 0.3 is 0 Å².